The van der Waals surface area contributed by atoms with Gasteiger partial charge in [0, 0.05) is 42.1 Å². The number of furan rings is 1. The average Bonchev–Trinajstić information content (AvgIpc) is 3.12. The number of carbonyl (C=O) groups excluding carboxylic acids is 1. The van der Waals surface area contributed by atoms with E-state index in [0.29, 0.717) is 40.2 Å². The molecule has 0 radical (unpaired) electrons. The van der Waals surface area contributed by atoms with E-state index in [-0.39, 0.29) is 19.0 Å². The Balaban J connectivity index is 1.70. The van der Waals surface area contributed by atoms with Gasteiger partial charge in [-0.05, 0) is 38.4 Å². The molecule has 0 spiro atoms. The maximum atomic E-state index is 12.9. The number of hydrogen-bond acceptors (Lipinski definition) is 6. The normalized spacial score (nSPS) is 14.7. The van der Waals surface area contributed by atoms with E-state index in [4.69, 9.17) is 9.15 Å². The standard InChI is InChI=1S/C24H27NO5/c1-2-29-24(28)22-21-18(9-6-12-25-13-16(14-25)15-26)19(27)10-11-20(21)30-23(22)17-7-4-3-5-8-17/h3-5,7-8,10-11,16,26-27H,2,6,9,12-15H2,1H3. The average molecular weight is 409 g/mol. The molecule has 0 bridgehead atoms. The van der Waals surface area contributed by atoms with Gasteiger partial charge in [-0.15, -0.1) is 0 Å². The molecule has 0 atom stereocenters. The lowest BCUT2D eigenvalue weighted by atomic mass is 9.97. The molecule has 3 aromatic rings. The third-order valence-corrected chi connectivity index (χ3v) is 5.65. The Bertz CT molecular complexity index is 1020. The van der Waals surface area contributed by atoms with E-state index in [0.717, 1.165) is 31.6 Å². The van der Waals surface area contributed by atoms with Crippen molar-refractivity contribution in [3.05, 3.63) is 53.6 Å². The third-order valence-electron chi connectivity index (χ3n) is 5.65. The number of esters is 1. The minimum Gasteiger partial charge on any atom is -0.508 e. The number of nitrogens with zero attached hydrogens (tertiary/aromatic N) is 1. The summed E-state index contributed by atoms with van der Waals surface area (Å²) < 4.78 is 11.4. The van der Waals surface area contributed by atoms with Crippen molar-refractivity contribution in [2.45, 2.75) is 19.8 Å². The molecule has 0 unspecified atom stereocenters. The van der Waals surface area contributed by atoms with Gasteiger partial charge < -0.3 is 24.3 Å². The van der Waals surface area contributed by atoms with Crippen LogP contribution in [0.15, 0.2) is 46.9 Å². The van der Waals surface area contributed by atoms with Crippen LogP contribution in [0.2, 0.25) is 0 Å². The van der Waals surface area contributed by atoms with Crippen molar-refractivity contribution in [3.8, 4) is 17.1 Å². The number of fused-ring (bicyclic) bond motifs is 1. The fourth-order valence-corrected chi connectivity index (χ4v) is 4.15. The molecule has 1 saturated heterocycles. The highest BCUT2D eigenvalue weighted by molar-refractivity contribution is 6.10. The fraction of sp³-hybridized carbons (Fsp3) is 0.375. The predicted molar refractivity (Wildman–Crippen MR) is 115 cm³/mol. The maximum Gasteiger partial charge on any atom is 0.342 e. The number of benzene rings is 2. The van der Waals surface area contributed by atoms with Gasteiger partial charge >= 0.3 is 5.97 Å². The Kier molecular flexibility index (Phi) is 6.06. The largest absolute Gasteiger partial charge is 0.508 e. The minimum atomic E-state index is -0.449. The highest BCUT2D eigenvalue weighted by Crippen LogP contribution is 2.39. The van der Waals surface area contributed by atoms with Crippen molar-refractivity contribution in [3.63, 3.8) is 0 Å². The first kappa shape index (κ1) is 20.4. The van der Waals surface area contributed by atoms with Gasteiger partial charge in [0.05, 0.1) is 6.61 Å². The molecule has 6 nitrogen and oxygen atoms in total. The second kappa shape index (κ2) is 8.90. The molecule has 30 heavy (non-hydrogen) atoms. The number of hydrogen-bond donors (Lipinski definition) is 2. The molecule has 1 aliphatic heterocycles. The quantitative estimate of drug-likeness (QED) is 0.550. The number of phenolic OH excluding ortho intramolecular Hbond substituents is 1. The van der Waals surface area contributed by atoms with Gasteiger partial charge in [-0.2, -0.15) is 0 Å². The van der Waals surface area contributed by atoms with Crippen molar-refractivity contribution in [1.29, 1.82) is 0 Å². The van der Waals surface area contributed by atoms with E-state index < -0.39 is 5.97 Å². The van der Waals surface area contributed by atoms with Crippen molar-refractivity contribution in [1.82, 2.24) is 4.90 Å². The zero-order chi connectivity index (χ0) is 21.1. The van der Waals surface area contributed by atoms with Gasteiger partial charge in [-0.3, -0.25) is 0 Å². The maximum absolute atomic E-state index is 12.9. The number of ether oxygens (including phenoxy) is 1. The Morgan fingerprint density at radius 3 is 2.67 bits per heavy atom. The van der Waals surface area contributed by atoms with E-state index in [1.54, 1.807) is 19.1 Å². The molecule has 0 amide bonds. The van der Waals surface area contributed by atoms with Gasteiger partial charge in [0.1, 0.15) is 22.7 Å². The van der Waals surface area contributed by atoms with Gasteiger partial charge in [-0.1, -0.05) is 30.3 Å². The fourth-order valence-electron chi connectivity index (χ4n) is 4.15. The smallest absolute Gasteiger partial charge is 0.342 e. The second-order valence-corrected chi connectivity index (χ2v) is 7.74. The van der Waals surface area contributed by atoms with Crippen molar-refractivity contribution < 1.29 is 24.2 Å². The summed E-state index contributed by atoms with van der Waals surface area (Å²) in [7, 11) is 0. The molecule has 1 aliphatic rings. The summed E-state index contributed by atoms with van der Waals surface area (Å²) in [6.07, 6.45) is 1.45. The van der Waals surface area contributed by atoms with E-state index >= 15 is 0 Å². The molecule has 2 N–H and O–H groups in total. The first-order chi connectivity index (χ1) is 14.6. The predicted octanol–water partition coefficient (Wildman–Crippen LogP) is 3.84. The molecule has 1 fully saturated rings. The summed E-state index contributed by atoms with van der Waals surface area (Å²) in [6.45, 7) is 4.96. The SMILES string of the molecule is CCOC(=O)c1c(-c2ccccc2)oc2ccc(O)c(CCCN3CC(CO)C3)c12. The lowest BCUT2D eigenvalue weighted by Crippen LogP contribution is -2.48. The highest BCUT2D eigenvalue weighted by atomic mass is 16.5. The Morgan fingerprint density at radius 1 is 1.20 bits per heavy atom. The molecular formula is C24H27NO5. The summed E-state index contributed by atoms with van der Waals surface area (Å²) in [4.78, 5) is 15.2. The van der Waals surface area contributed by atoms with Crippen molar-refractivity contribution in [2.24, 2.45) is 5.92 Å². The summed E-state index contributed by atoms with van der Waals surface area (Å²) in [5.74, 6) is 0.546. The zero-order valence-electron chi connectivity index (χ0n) is 17.1. The molecule has 0 aliphatic carbocycles. The number of aromatic hydroxyl groups is 1. The van der Waals surface area contributed by atoms with Crippen LogP contribution in [0.25, 0.3) is 22.3 Å². The van der Waals surface area contributed by atoms with Crippen LogP contribution in [0, 0.1) is 5.92 Å². The highest BCUT2D eigenvalue weighted by Gasteiger charge is 2.28. The van der Waals surface area contributed by atoms with E-state index in [9.17, 15) is 15.0 Å². The van der Waals surface area contributed by atoms with Crippen LogP contribution in [-0.2, 0) is 11.2 Å². The number of rotatable bonds is 8. The Morgan fingerprint density at radius 2 is 1.97 bits per heavy atom. The topological polar surface area (TPSA) is 83.1 Å². The van der Waals surface area contributed by atoms with E-state index in [2.05, 4.69) is 4.90 Å². The third kappa shape index (κ3) is 3.93. The van der Waals surface area contributed by atoms with Crippen LogP contribution in [-0.4, -0.2) is 53.9 Å². The van der Waals surface area contributed by atoms with Gasteiger partial charge in [0.25, 0.3) is 0 Å². The van der Waals surface area contributed by atoms with Crippen molar-refractivity contribution >= 4 is 16.9 Å². The minimum absolute atomic E-state index is 0.158. The number of phenols is 1. The summed E-state index contributed by atoms with van der Waals surface area (Å²) in [6, 6.07) is 12.8. The molecule has 6 heteroatoms. The van der Waals surface area contributed by atoms with Crippen LogP contribution >= 0.6 is 0 Å². The molecular weight excluding hydrogens is 382 g/mol. The molecule has 1 aromatic heterocycles. The second-order valence-electron chi connectivity index (χ2n) is 7.74. The number of aliphatic hydroxyl groups is 1. The first-order valence-corrected chi connectivity index (χ1v) is 10.5. The van der Waals surface area contributed by atoms with Gasteiger partial charge in [0.2, 0.25) is 0 Å². The summed E-state index contributed by atoms with van der Waals surface area (Å²) >= 11 is 0. The molecule has 2 heterocycles. The van der Waals surface area contributed by atoms with Crippen LogP contribution in [0.1, 0.15) is 29.3 Å². The van der Waals surface area contributed by atoms with Crippen molar-refractivity contribution in [2.75, 3.05) is 32.8 Å². The molecule has 158 valence electrons. The van der Waals surface area contributed by atoms with Gasteiger partial charge in [0.15, 0.2) is 0 Å². The van der Waals surface area contributed by atoms with Gasteiger partial charge in [-0.25, -0.2) is 4.79 Å². The van der Waals surface area contributed by atoms with Crippen LogP contribution in [0.4, 0.5) is 0 Å². The van der Waals surface area contributed by atoms with E-state index in [1.165, 1.54) is 0 Å². The number of carbonyl (C=O) groups is 1. The Hall–Kier alpha value is -2.83. The molecule has 2 aromatic carbocycles. The monoisotopic (exact) mass is 409 g/mol. The lowest BCUT2D eigenvalue weighted by molar-refractivity contribution is 0.0528. The summed E-state index contributed by atoms with van der Waals surface area (Å²) in [5, 5.41) is 20.4. The lowest BCUT2D eigenvalue weighted by Gasteiger charge is -2.38. The van der Waals surface area contributed by atoms with Crippen LogP contribution in [0.3, 0.4) is 0 Å². The molecule has 0 saturated carbocycles. The van der Waals surface area contributed by atoms with E-state index in [1.807, 2.05) is 30.3 Å². The number of aliphatic hydroxyl groups excluding tert-OH is 1. The van der Waals surface area contributed by atoms with Crippen LogP contribution < -0.4 is 0 Å². The number of likely N-dealkylation sites (tertiary alicyclic amines) is 1. The van der Waals surface area contributed by atoms with Crippen LogP contribution in [0.5, 0.6) is 5.75 Å². The summed E-state index contributed by atoms with van der Waals surface area (Å²) in [5.41, 5.74) is 2.43. The first-order valence-electron chi connectivity index (χ1n) is 10.5. The number of aryl methyl sites for hydroxylation is 1. The Labute approximate surface area is 175 Å². The zero-order valence-corrected chi connectivity index (χ0v) is 17.1. The molecule has 4 rings (SSSR count).